The van der Waals surface area contributed by atoms with E-state index in [1.165, 1.54) is 6.20 Å². The first-order chi connectivity index (χ1) is 11.4. The first kappa shape index (κ1) is 16.7. The smallest absolute Gasteiger partial charge is 0.268 e. The van der Waals surface area contributed by atoms with Gasteiger partial charge in [0.25, 0.3) is 5.91 Å². The zero-order valence-electron chi connectivity index (χ0n) is 13.9. The van der Waals surface area contributed by atoms with Crippen molar-refractivity contribution in [1.29, 1.82) is 0 Å². The van der Waals surface area contributed by atoms with Gasteiger partial charge in [-0.15, -0.1) is 0 Å². The van der Waals surface area contributed by atoms with Crippen LogP contribution in [0.1, 0.15) is 45.6 Å². The molecule has 0 bridgehead atoms. The van der Waals surface area contributed by atoms with Gasteiger partial charge in [-0.3, -0.25) is 9.48 Å². The SMILES string of the molecule is Cc1ccc(C)c(CS(=O)(=O)NC(=O)c2cnn3c2CCCC3)c1. The van der Waals surface area contributed by atoms with Crippen LogP contribution in [0.15, 0.2) is 24.4 Å². The molecule has 0 atom stereocenters. The van der Waals surface area contributed by atoms with Crippen molar-refractivity contribution in [3.8, 4) is 0 Å². The monoisotopic (exact) mass is 347 g/mol. The summed E-state index contributed by atoms with van der Waals surface area (Å²) in [6.07, 6.45) is 4.23. The van der Waals surface area contributed by atoms with Gasteiger partial charge in [-0.25, -0.2) is 13.1 Å². The predicted molar refractivity (Wildman–Crippen MR) is 91.2 cm³/mol. The van der Waals surface area contributed by atoms with Crippen LogP contribution in [0.4, 0.5) is 0 Å². The molecular formula is C17H21N3O3S. The van der Waals surface area contributed by atoms with Crippen LogP contribution < -0.4 is 4.72 Å². The van der Waals surface area contributed by atoms with Crippen molar-refractivity contribution in [3.05, 3.63) is 52.3 Å². The number of nitrogens with zero attached hydrogens (tertiary/aromatic N) is 2. The van der Waals surface area contributed by atoms with Crippen LogP contribution in [0.25, 0.3) is 0 Å². The molecule has 0 unspecified atom stereocenters. The summed E-state index contributed by atoms with van der Waals surface area (Å²) in [6.45, 7) is 4.55. The van der Waals surface area contributed by atoms with Crippen LogP contribution in [0, 0.1) is 13.8 Å². The zero-order chi connectivity index (χ0) is 17.3. The third-order valence-electron chi connectivity index (χ3n) is 4.33. The molecule has 2 aromatic rings. The molecule has 1 aromatic heterocycles. The highest BCUT2D eigenvalue weighted by atomic mass is 32.2. The van der Waals surface area contributed by atoms with Gasteiger partial charge in [-0.1, -0.05) is 23.8 Å². The lowest BCUT2D eigenvalue weighted by Gasteiger charge is -2.14. The van der Waals surface area contributed by atoms with Crippen LogP contribution in [0.2, 0.25) is 0 Å². The van der Waals surface area contributed by atoms with Crippen LogP contribution in [-0.4, -0.2) is 24.1 Å². The lowest BCUT2D eigenvalue weighted by atomic mass is 10.1. The van der Waals surface area contributed by atoms with E-state index in [2.05, 4.69) is 9.82 Å². The van der Waals surface area contributed by atoms with Gasteiger partial charge in [0.2, 0.25) is 10.0 Å². The van der Waals surface area contributed by atoms with Gasteiger partial charge in [0.15, 0.2) is 0 Å². The van der Waals surface area contributed by atoms with E-state index >= 15 is 0 Å². The van der Waals surface area contributed by atoms with E-state index in [0.717, 1.165) is 42.6 Å². The van der Waals surface area contributed by atoms with Gasteiger partial charge in [0.1, 0.15) is 0 Å². The standard InChI is InChI=1S/C17H21N3O3S/c1-12-6-7-13(2)14(9-12)11-24(22,23)19-17(21)15-10-18-20-8-4-3-5-16(15)20/h6-7,9-10H,3-5,8,11H2,1-2H3,(H,19,21). The number of benzene rings is 1. The van der Waals surface area contributed by atoms with E-state index in [0.29, 0.717) is 11.1 Å². The molecule has 1 N–H and O–H groups in total. The van der Waals surface area contributed by atoms with Crippen LogP contribution >= 0.6 is 0 Å². The summed E-state index contributed by atoms with van der Waals surface area (Å²) in [5.41, 5.74) is 3.76. The number of hydrogen-bond donors (Lipinski definition) is 1. The number of carbonyl (C=O) groups excluding carboxylic acids is 1. The van der Waals surface area contributed by atoms with Crippen LogP contribution in [-0.2, 0) is 28.7 Å². The summed E-state index contributed by atoms with van der Waals surface area (Å²) in [5, 5.41) is 4.18. The molecule has 0 saturated carbocycles. The minimum atomic E-state index is -3.76. The van der Waals surface area contributed by atoms with Gasteiger partial charge >= 0.3 is 0 Å². The van der Waals surface area contributed by atoms with Crippen molar-refractivity contribution < 1.29 is 13.2 Å². The van der Waals surface area contributed by atoms with Crippen molar-refractivity contribution in [2.75, 3.05) is 0 Å². The highest BCUT2D eigenvalue weighted by Crippen LogP contribution is 2.19. The Morgan fingerprint density at radius 2 is 2.08 bits per heavy atom. The molecule has 1 aliphatic rings. The summed E-state index contributed by atoms with van der Waals surface area (Å²) < 4.78 is 28.7. The zero-order valence-corrected chi connectivity index (χ0v) is 14.7. The fourth-order valence-corrected chi connectivity index (χ4v) is 4.19. The Hall–Kier alpha value is -2.15. The molecule has 0 aliphatic carbocycles. The van der Waals surface area contributed by atoms with Crippen molar-refractivity contribution in [2.45, 2.75) is 45.4 Å². The highest BCUT2D eigenvalue weighted by Gasteiger charge is 2.23. The largest absolute Gasteiger partial charge is 0.269 e. The topological polar surface area (TPSA) is 81.1 Å². The quantitative estimate of drug-likeness (QED) is 0.918. The maximum Gasteiger partial charge on any atom is 0.268 e. The molecule has 0 radical (unpaired) electrons. The fraction of sp³-hybridized carbons (Fsp3) is 0.412. The maximum absolute atomic E-state index is 12.4. The number of nitrogens with one attached hydrogen (secondary N) is 1. The maximum atomic E-state index is 12.4. The van der Waals surface area contributed by atoms with E-state index in [9.17, 15) is 13.2 Å². The molecule has 0 saturated heterocycles. The second-order valence-corrected chi connectivity index (χ2v) is 8.03. The van der Waals surface area contributed by atoms with Gasteiger partial charge < -0.3 is 0 Å². The van der Waals surface area contributed by atoms with Gasteiger partial charge in [0, 0.05) is 6.54 Å². The van der Waals surface area contributed by atoms with Crippen molar-refractivity contribution in [2.24, 2.45) is 0 Å². The number of aromatic nitrogens is 2. The number of carbonyl (C=O) groups is 1. The first-order valence-electron chi connectivity index (χ1n) is 8.01. The fourth-order valence-electron chi connectivity index (χ4n) is 3.00. The van der Waals surface area contributed by atoms with Crippen molar-refractivity contribution >= 4 is 15.9 Å². The van der Waals surface area contributed by atoms with E-state index in [1.807, 2.05) is 32.0 Å². The number of amides is 1. The number of hydrogen-bond acceptors (Lipinski definition) is 4. The molecule has 1 amide bonds. The Morgan fingerprint density at radius 1 is 1.29 bits per heavy atom. The molecule has 1 aromatic carbocycles. The van der Waals surface area contributed by atoms with E-state index in [1.54, 1.807) is 4.68 Å². The molecule has 7 heteroatoms. The summed E-state index contributed by atoms with van der Waals surface area (Å²) >= 11 is 0. The normalized spacial score (nSPS) is 14.2. The third kappa shape index (κ3) is 3.51. The lowest BCUT2D eigenvalue weighted by molar-refractivity contribution is 0.0980. The molecule has 0 fully saturated rings. The molecule has 128 valence electrons. The summed E-state index contributed by atoms with van der Waals surface area (Å²) in [5.74, 6) is -0.807. The Kier molecular flexibility index (Phi) is 4.45. The summed E-state index contributed by atoms with van der Waals surface area (Å²) in [4.78, 5) is 12.4. The Bertz CT molecular complexity index is 884. The Labute approximate surface area is 141 Å². The Balaban J connectivity index is 1.78. The average Bonchev–Trinajstić information content (AvgIpc) is 2.94. The summed E-state index contributed by atoms with van der Waals surface area (Å²) in [6, 6.07) is 5.65. The molecular weight excluding hydrogens is 326 g/mol. The first-order valence-corrected chi connectivity index (χ1v) is 9.66. The number of fused-ring (bicyclic) bond motifs is 1. The summed E-state index contributed by atoms with van der Waals surface area (Å²) in [7, 11) is -3.76. The second kappa shape index (κ2) is 6.39. The average molecular weight is 347 g/mol. The van der Waals surface area contributed by atoms with E-state index in [-0.39, 0.29) is 5.75 Å². The molecule has 3 rings (SSSR count). The van der Waals surface area contributed by atoms with Gasteiger partial charge in [-0.05, 0) is 44.2 Å². The van der Waals surface area contributed by atoms with E-state index < -0.39 is 15.9 Å². The minimum absolute atomic E-state index is 0.213. The lowest BCUT2D eigenvalue weighted by Crippen LogP contribution is -2.32. The third-order valence-corrected chi connectivity index (χ3v) is 5.51. The number of rotatable bonds is 4. The van der Waals surface area contributed by atoms with Crippen molar-refractivity contribution in [3.63, 3.8) is 0 Å². The molecule has 2 heterocycles. The number of aryl methyl sites for hydroxylation is 3. The molecule has 6 nitrogen and oxygen atoms in total. The van der Waals surface area contributed by atoms with Gasteiger partial charge in [0.05, 0.1) is 23.2 Å². The number of sulfonamides is 1. The molecule has 0 spiro atoms. The van der Waals surface area contributed by atoms with Crippen LogP contribution in [0.3, 0.4) is 0 Å². The molecule has 24 heavy (non-hydrogen) atoms. The van der Waals surface area contributed by atoms with Gasteiger partial charge in [-0.2, -0.15) is 5.10 Å². The highest BCUT2D eigenvalue weighted by molar-refractivity contribution is 7.89. The Morgan fingerprint density at radius 3 is 2.88 bits per heavy atom. The predicted octanol–water partition coefficient (Wildman–Crippen LogP) is 2.10. The van der Waals surface area contributed by atoms with Crippen LogP contribution in [0.5, 0.6) is 0 Å². The van der Waals surface area contributed by atoms with Crippen molar-refractivity contribution in [1.82, 2.24) is 14.5 Å². The second-order valence-electron chi connectivity index (χ2n) is 6.31. The molecule has 1 aliphatic heterocycles. The minimum Gasteiger partial charge on any atom is -0.269 e. The van der Waals surface area contributed by atoms with E-state index in [4.69, 9.17) is 0 Å².